The van der Waals surface area contributed by atoms with Crippen LogP contribution in [-0.4, -0.2) is 12.1 Å². The Hall–Kier alpha value is -1.53. The Morgan fingerprint density at radius 3 is 2.60 bits per heavy atom. The van der Waals surface area contributed by atoms with Crippen LogP contribution in [0.5, 0.6) is 5.75 Å². The molecule has 0 aliphatic rings. The Morgan fingerprint density at radius 2 is 2.10 bits per heavy atom. The fourth-order valence-electron chi connectivity index (χ4n) is 2.28. The van der Waals surface area contributed by atoms with Crippen molar-refractivity contribution in [3.05, 3.63) is 29.3 Å². The fourth-order valence-corrected chi connectivity index (χ4v) is 2.28. The number of nitrogens with zero attached hydrogens (tertiary/aromatic N) is 1. The average molecular weight is 274 g/mol. The standard InChI is InChI=1S/C17H26N2O/c1-5-17(19,12-18)9-6-10-20-15-7-8-16(13(2)3)14(4)11-15/h7-8,11,13H,5-6,9-10,19H2,1-4H3. The summed E-state index contributed by atoms with van der Waals surface area (Å²) in [5.74, 6) is 1.42. The smallest absolute Gasteiger partial charge is 0.119 e. The number of benzene rings is 1. The van der Waals surface area contributed by atoms with Crippen LogP contribution in [0.1, 0.15) is 57.1 Å². The Labute approximate surface area is 122 Å². The minimum Gasteiger partial charge on any atom is -0.494 e. The number of ether oxygens (including phenoxy) is 1. The molecule has 3 heteroatoms. The fraction of sp³-hybridized carbons (Fsp3) is 0.588. The van der Waals surface area contributed by atoms with Crippen LogP contribution in [0, 0.1) is 18.3 Å². The number of aryl methyl sites for hydroxylation is 1. The lowest BCUT2D eigenvalue weighted by Crippen LogP contribution is -2.37. The second kappa shape index (κ2) is 7.31. The zero-order chi connectivity index (χ0) is 15.2. The van der Waals surface area contributed by atoms with Gasteiger partial charge >= 0.3 is 0 Å². The molecule has 0 spiro atoms. The first-order valence-corrected chi connectivity index (χ1v) is 7.35. The van der Waals surface area contributed by atoms with Crippen LogP contribution >= 0.6 is 0 Å². The van der Waals surface area contributed by atoms with Crippen molar-refractivity contribution in [3.63, 3.8) is 0 Å². The summed E-state index contributed by atoms with van der Waals surface area (Å²) in [5, 5.41) is 9.00. The van der Waals surface area contributed by atoms with Crippen molar-refractivity contribution in [2.24, 2.45) is 5.73 Å². The minimum absolute atomic E-state index is 0.530. The molecule has 0 amide bonds. The molecule has 0 saturated carbocycles. The van der Waals surface area contributed by atoms with Crippen LogP contribution in [0.15, 0.2) is 18.2 Å². The van der Waals surface area contributed by atoms with E-state index in [9.17, 15) is 0 Å². The van der Waals surface area contributed by atoms with E-state index in [1.54, 1.807) is 0 Å². The van der Waals surface area contributed by atoms with Gasteiger partial charge in [-0.2, -0.15) is 5.26 Å². The van der Waals surface area contributed by atoms with Crippen LogP contribution in [0.2, 0.25) is 0 Å². The van der Waals surface area contributed by atoms with Gasteiger partial charge in [-0.05, 0) is 55.4 Å². The van der Waals surface area contributed by atoms with Gasteiger partial charge in [0, 0.05) is 0 Å². The molecule has 0 aliphatic heterocycles. The number of hydrogen-bond acceptors (Lipinski definition) is 3. The van der Waals surface area contributed by atoms with Gasteiger partial charge in [0.15, 0.2) is 0 Å². The highest BCUT2D eigenvalue weighted by atomic mass is 16.5. The van der Waals surface area contributed by atoms with E-state index < -0.39 is 5.54 Å². The maximum Gasteiger partial charge on any atom is 0.119 e. The molecule has 1 unspecified atom stereocenters. The quantitative estimate of drug-likeness (QED) is 0.767. The van der Waals surface area contributed by atoms with Crippen LogP contribution in [-0.2, 0) is 0 Å². The van der Waals surface area contributed by atoms with Crippen LogP contribution < -0.4 is 10.5 Å². The van der Waals surface area contributed by atoms with Crippen molar-refractivity contribution >= 4 is 0 Å². The summed E-state index contributed by atoms with van der Waals surface area (Å²) >= 11 is 0. The first-order chi connectivity index (χ1) is 9.41. The lowest BCUT2D eigenvalue weighted by atomic mass is 9.94. The number of nitrogens with two attached hydrogens (primary N) is 1. The van der Waals surface area contributed by atoms with Gasteiger partial charge in [0.1, 0.15) is 11.3 Å². The molecule has 0 bridgehead atoms. The van der Waals surface area contributed by atoms with Gasteiger partial charge in [-0.25, -0.2) is 0 Å². The monoisotopic (exact) mass is 274 g/mol. The Morgan fingerprint density at radius 1 is 1.40 bits per heavy atom. The molecule has 110 valence electrons. The summed E-state index contributed by atoms with van der Waals surface area (Å²) in [6.07, 6.45) is 2.14. The predicted molar refractivity (Wildman–Crippen MR) is 82.8 cm³/mol. The van der Waals surface area contributed by atoms with Crippen molar-refractivity contribution in [1.29, 1.82) is 5.26 Å². The zero-order valence-corrected chi connectivity index (χ0v) is 13.1. The number of hydrogen-bond donors (Lipinski definition) is 1. The average Bonchev–Trinajstić information content (AvgIpc) is 2.43. The van der Waals surface area contributed by atoms with Gasteiger partial charge in [-0.15, -0.1) is 0 Å². The van der Waals surface area contributed by atoms with E-state index in [1.807, 2.05) is 13.0 Å². The zero-order valence-electron chi connectivity index (χ0n) is 13.1. The summed E-state index contributed by atoms with van der Waals surface area (Å²) in [4.78, 5) is 0. The molecule has 1 rings (SSSR count). The van der Waals surface area contributed by atoms with Crippen molar-refractivity contribution in [2.45, 2.75) is 58.4 Å². The number of nitriles is 1. The maximum atomic E-state index is 9.00. The minimum atomic E-state index is -0.708. The summed E-state index contributed by atoms with van der Waals surface area (Å²) in [6, 6.07) is 8.40. The number of rotatable bonds is 7. The molecule has 1 aromatic carbocycles. The van der Waals surface area contributed by atoms with Crippen LogP contribution in [0.25, 0.3) is 0 Å². The second-order valence-corrected chi connectivity index (χ2v) is 5.75. The SMILES string of the molecule is CCC(N)(C#N)CCCOc1ccc(C(C)C)c(C)c1. The van der Waals surface area contributed by atoms with E-state index in [-0.39, 0.29) is 0 Å². The lowest BCUT2D eigenvalue weighted by Gasteiger charge is -2.19. The first-order valence-electron chi connectivity index (χ1n) is 7.35. The molecule has 0 radical (unpaired) electrons. The van der Waals surface area contributed by atoms with E-state index in [4.69, 9.17) is 15.7 Å². The van der Waals surface area contributed by atoms with Crippen molar-refractivity contribution in [1.82, 2.24) is 0 Å². The summed E-state index contributed by atoms with van der Waals surface area (Å²) in [6.45, 7) is 9.03. The predicted octanol–water partition coefficient (Wildman–Crippen LogP) is 3.91. The summed E-state index contributed by atoms with van der Waals surface area (Å²) < 4.78 is 5.74. The largest absolute Gasteiger partial charge is 0.494 e. The van der Waals surface area contributed by atoms with Crippen LogP contribution in [0.3, 0.4) is 0 Å². The Kier molecular flexibility index (Phi) is 6.04. The van der Waals surface area contributed by atoms with Gasteiger partial charge < -0.3 is 10.5 Å². The Bertz CT molecular complexity index is 476. The van der Waals surface area contributed by atoms with E-state index in [0.29, 0.717) is 25.4 Å². The normalized spacial score (nSPS) is 13.8. The van der Waals surface area contributed by atoms with Gasteiger partial charge in [-0.3, -0.25) is 0 Å². The van der Waals surface area contributed by atoms with E-state index in [2.05, 4.69) is 39.0 Å². The molecule has 0 saturated heterocycles. The molecular weight excluding hydrogens is 248 g/mol. The molecule has 0 heterocycles. The molecule has 0 fully saturated rings. The van der Waals surface area contributed by atoms with Gasteiger partial charge in [-0.1, -0.05) is 26.8 Å². The van der Waals surface area contributed by atoms with Crippen molar-refractivity contribution in [2.75, 3.05) is 6.61 Å². The van der Waals surface area contributed by atoms with Crippen molar-refractivity contribution in [3.8, 4) is 11.8 Å². The molecule has 1 atom stereocenters. The first kappa shape index (κ1) is 16.5. The molecule has 0 aromatic heterocycles. The molecule has 2 N–H and O–H groups in total. The lowest BCUT2D eigenvalue weighted by molar-refractivity contribution is 0.291. The van der Waals surface area contributed by atoms with E-state index in [0.717, 1.165) is 12.2 Å². The summed E-state index contributed by atoms with van der Waals surface area (Å²) in [7, 11) is 0. The maximum absolute atomic E-state index is 9.00. The third kappa shape index (κ3) is 4.54. The third-order valence-corrected chi connectivity index (χ3v) is 3.75. The van der Waals surface area contributed by atoms with Gasteiger partial charge in [0.05, 0.1) is 12.7 Å². The molecule has 1 aromatic rings. The van der Waals surface area contributed by atoms with Crippen molar-refractivity contribution < 1.29 is 4.74 Å². The highest BCUT2D eigenvalue weighted by Gasteiger charge is 2.21. The van der Waals surface area contributed by atoms with E-state index in [1.165, 1.54) is 11.1 Å². The summed E-state index contributed by atoms with van der Waals surface area (Å²) in [5.41, 5.74) is 7.84. The van der Waals surface area contributed by atoms with E-state index >= 15 is 0 Å². The molecular formula is C17H26N2O. The molecule has 0 aliphatic carbocycles. The molecule has 20 heavy (non-hydrogen) atoms. The second-order valence-electron chi connectivity index (χ2n) is 5.75. The highest BCUT2D eigenvalue weighted by Crippen LogP contribution is 2.23. The highest BCUT2D eigenvalue weighted by molar-refractivity contribution is 5.36. The molecule has 3 nitrogen and oxygen atoms in total. The third-order valence-electron chi connectivity index (χ3n) is 3.75. The topological polar surface area (TPSA) is 59.0 Å². The van der Waals surface area contributed by atoms with Gasteiger partial charge in [0.2, 0.25) is 0 Å². The Balaban J connectivity index is 2.48. The van der Waals surface area contributed by atoms with Crippen LogP contribution in [0.4, 0.5) is 0 Å². The van der Waals surface area contributed by atoms with Gasteiger partial charge in [0.25, 0.3) is 0 Å².